The first-order chi connectivity index (χ1) is 13.4. The predicted octanol–water partition coefficient (Wildman–Crippen LogP) is 2.66. The normalized spacial score (nSPS) is 14.5. The van der Waals surface area contributed by atoms with E-state index in [9.17, 15) is 14.4 Å². The number of rotatable bonds is 5. The second-order valence-electron chi connectivity index (χ2n) is 7.13. The molecule has 0 saturated carbocycles. The van der Waals surface area contributed by atoms with Gasteiger partial charge in [0, 0.05) is 24.7 Å². The van der Waals surface area contributed by atoms with Crippen LogP contribution in [0, 0.1) is 6.92 Å². The molecule has 1 heterocycles. The van der Waals surface area contributed by atoms with E-state index < -0.39 is 5.97 Å². The molecule has 0 radical (unpaired) electrons. The number of benzene rings is 2. The summed E-state index contributed by atoms with van der Waals surface area (Å²) in [4.78, 5) is 37.8. The zero-order valence-corrected chi connectivity index (χ0v) is 15.9. The van der Waals surface area contributed by atoms with Crippen LogP contribution in [0.5, 0.6) is 0 Å². The molecule has 1 aliphatic heterocycles. The molecule has 28 heavy (non-hydrogen) atoms. The van der Waals surface area contributed by atoms with E-state index in [1.54, 1.807) is 17.0 Å². The molecular formula is C22H24N2O4. The van der Waals surface area contributed by atoms with Gasteiger partial charge in [0.05, 0.1) is 12.0 Å². The number of aromatic carboxylic acids is 1. The average molecular weight is 380 g/mol. The summed E-state index contributed by atoms with van der Waals surface area (Å²) in [5.41, 5.74) is 2.50. The number of nitrogens with one attached hydrogen (secondary N) is 1. The SMILES string of the molecule is Cc1ccccc1C(=O)NC1CCN(C(=O)Cc2cccc(C(=O)O)c2)CC1. The molecule has 6 heteroatoms. The van der Waals surface area contributed by atoms with E-state index in [1.165, 1.54) is 12.1 Å². The molecule has 1 aliphatic rings. The molecule has 2 aromatic carbocycles. The highest BCUT2D eigenvalue weighted by atomic mass is 16.4. The molecule has 2 aromatic rings. The number of piperidine rings is 1. The smallest absolute Gasteiger partial charge is 0.335 e. The molecule has 1 saturated heterocycles. The van der Waals surface area contributed by atoms with E-state index in [-0.39, 0.29) is 29.8 Å². The van der Waals surface area contributed by atoms with Gasteiger partial charge in [-0.25, -0.2) is 4.79 Å². The van der Waals surface area contributed by atoms with Gasteiger partial charge in [0.15, 0.2) is 0 Å². The minimum Gasteiger partial charge on any atom is -0.478 e. The van der Waals surface area contributed by atoms with Gasteiger partial charge < -0.3 is 15.3 Å². The molecule has 3 rings (SSSR count). The van der Waals surface area contributed by atoms with Crippen LogP contribution in [-0.2, 0) is 11.2 Å². The lowest BCUT2D eigenvalue weighted by Crippen LogP contribution is -2.47. The molecule has 0 aliphatic carbocycles. The zero-order valence-electron chi connectivity index (χ0n) is 15.9. The number of carbonyl (C=O) groups excluding carboxylic acids is 2. The van der Waals surface area contributed by atoms with Crippen LogP contribution in [0.2, 0.25) is 0 Å². The first-order valence-electron chi connectivity index (χ1n) is 9.40. The highest BCUT2D eigenvalue weighted by Gasteiger charge is 2.24. The van der Waals surface area contributed by atoms with Crippen LogP contribution < -0.4 is 5.32 Å². The summed E-state index contributed by atoms with van der Waals surface area (Å²) >= 11 is 0. The molecular weight excluding hydrogens is 356 g/mol. The van der Waals surface area contributed by atoms with Crippen molar-refractivity contribution in [2.45, 2.75) is 32.2 Å². The number of carbonyl (C=O) groups is 3. The van der Waals surface area contributed by atoms with Crippen molar-refractivity contribution < 1.29 is 19.5 Å². The van der Waals surface area contributed by atoms with E-state index in [0.29, 0.717) is 37.1 Å². The molecule has 0 spiro atoms. The fourth-order valence-electron chi connectivity index (χ4n) is 3.46. The van der Waals surface area contributed by atoms with Gasteiger partial charge in [-0.1, -0.05) is 30.3 Å². The lowest BCUT2D eigenvalue weighted by atomic mass is 10.0. The molecule has 0 aromatic heterocycles. The van der Waals surface area contributed by atoms with Crippen LogP contribution in [0.4, 0.5) is 0 Å². The number of hydrogen-bond donors (Lipinski definition) is 2. The number of aryl methyl sites for hydroxylation is 1. The number of likely N-dealkylation sites (tertiary alicyclic amines) is 1. The number of carboxylic acid groups (broad SMARTS) is 1. The Morgan fingerprint density at radius 1 is 1.07 bits per heavy atom. The summed E-state index contributed by atoms with van der Waals surface area (Å²) in [7, 11) is 0. The highest BCUT2D eigenvalue weighted by molar-refractivity contribution is 5.95. The Balaban J connectivity index is 1.51. The van der Waals surface area contributed by atoms with E-state index >= 15 is 0 Å². The van der Waals surface area contributed by atoms with Crippen molar-refractivity contribution in [3.8, 4) is 0 Å². The van der Waals surface area contributed by atoms with Crippen LogP contribution in [-0.4, -0.2) is 46.9 Å². The molecule has 0 unspecified atom stereocenters. The molecule has 1 fully saturated rings. The van der Waals surface area contributed by atoms with E-state index in [0.717, 1.165) is 5.56 Å². The topological polar surface area (TPSA) is 86.7 Å². The lowest BCUT2D eigenvalue weighted by molar-refractivity contribution is -0.131. The van der Waals surface area contributed by atoms with Crippen molar-refractivity contribution in [1.82, 2.24) is 10.2 Å². The fourth-order valence-corrected chi connectivity index (χ4v) is 3.46. The number of nitrogens with zero attached hydrogens (tertiary/aromatic N) is 1. The molecule has 0 bridgehead atoms. The van der Waals surface area contributed by atoms with Crippen molar-refractivity contribution in [1.29, 1.82) is 0 Å². The van der Waals surface area contributed by atoms with E-state index in [1.807, 2.05) is 31.2 Å². The lowest BCUT2D eigenvalue weighted by Gasteiger charge is -2.32. The Hall–Kier alpha value is -3.15. The quantitative estimate of drug-likeness (QED) is 0.835. The highest BCUT2D eigenvalue weighted by Crippen LogP contribution is 2.15. The molecule has 2 amide bonds. The maximum absolute atomic E-state index is 12.5. The maximum Gasteiger partial charge on any atom is 0.335 e. The maximum atomic E-state index is 12.5. The largest absolute Gasteiger partial charge is 0.478 e. The van der Waals surface area contributed by atoms with Crippen molar-refractivity contribution >= 4 is 17.8 Å². The van der Waals surface area contributed by atoms with Gasteiger partial charge in [0.2, 0.25) is 5.91 Å². The van der Waals surface area contributed by atoms with Gasteiger partial charge >= 0.3 is 5.97 Å². The van der Waals surface area contributed by atoms with Crippen molar-refractivity contribution in [2.75, 3.05) is 13.1 Å². The van der Waals surface area contributed by atoms with E-state index in [2.05, 4.69) is 5.32 Å². The summed E-state index contributed by atoms with van der Waals surface area (Å²) < 4.78 is 0. The Kier molecular flexibility index (Phi) is 6.09. The Morgan fingerprint density at radius 3 is 2.46 bits per heavy atom. The van der Waals surface area contributed by atoms with Crippen LogP contribution in [0.1, 0.15) is 44.7 Å². The summed E-state index contributed by atoms with van der Waals surface area (Å²) in [6.07, 6.45) is 1.60. The monoisotopic (exact) mass is 380 g/mol. The zero-order chi connectivity index (χ0) is 20.1. The van der Waals surface area contributed by atoms with Gasteiger partial charge in [-0.05, 0) is 49.1 Å². The Morgan fingerprint density at radius 2 is 1.79 bits per heavy atom. The second-order valence-corrected chi connectivity index (χ2v) is 7.13. The first kappa shape index (κ1) is 19.6. The Bertz CT molecular complexity index is 886. The van der Waals surface area contributed by atoms with Crippen LogP contribution in [0.15, 0.2) is 48.5 Å². The second kappa shape index (κ2) is 8.69. The predicted molar refractivity (Wildman–Crippen MR) is 105 cm³/mol. The van der Waals surface area contributed by atoms with Gasteiger partial charge in [0.25, 0.3) is 5.91 Å². The minimum atomic E-state index is -1.00. The third kappa shape index (κ3) is 4.76. The number of carboxylic acids is 1. The number of hydrogen-bond acceptors (Lipinski definition) is 3. The van der Waals surface area contributed by atoms with Crippen LogP contribution in [0.25, 0.3) is 0 Å². The molecule has 146 valence electrons. The van der Waals surface area contributed by atoms with Gasteiger partial charge in [0.1, 0.15) is 0 Å². The van der Waals surface area contributed by atoms with Gasteiger partial charge in [-0.2, -0.15) is 0 Å². The fraction of sp³-hybridized carbons (Fsp3) is 0.318. The van der Waals surface area contributed by atoms with Crippen LogP contribution in [0.3, 0.4) is 0 Å². The molecule has 6 nitrogen and oxygen atoms in total. The Labute approximate surface area is 164 Å². The van der Waals surface area contributed by atoms with Gasteiger partial charge in [-0.15, -0.1) is 0 Å². The summed E-state index contributed by atoms with van der Waals surface area (Å²) in [6.45, 7) is 3.07. The standard InChI is InChI=1S/C22H24N2O4/c1-15-5-2-3-8-19(15)21(26)23-18-9-11-24(12-10-18)20(25)14-16-6-4-7-17(13-16)22(27)28/h2-8,13,18H,9-12,14H2,1H3,(H,23,26)(H,27,28). The van der Waals surface area contributed by atoms with Gasteiger partial charge in [-0.3, -0.25) is 9.59 Å². The molecule has 2 N–H and O–H groups in total. The van der Waals surface area contributed by atoms with Crippen molar-refractivity contribution in [2.24, 2.45) is 0 Å². The summed E-state index contributed by atoms with van der Waals surface area (Å²) in [5, 5.41) is 12.1. The minimum absolute atomic E-state index is 0.0220. The summed E-state index contributed by atoms with van der Waals surface area (Å²) in [5.74, 6) is -1.10. The number of amides is 2. The van der Waals surface area contributed by atoms with Crippen molar-refractivity contribution in [3.63, 3.8) is 0 Å². The third-order valence-corrected chi connectivity index (χ3v) is 5.10. The van der Waals surface area contributed by atoms with Crippen LogP contribution >= 0.6 is 0 Å². The summed E-state index contributed by atoms with van der Waals surface area (Å²) in [6, 6.07) is 14.0. The first-order valence-corrected chi connectivity index (χ1v) is 9.40. The van der Waals surface area contributed by atoms with Crippen molar-refractivity contribution in [3.05, 3.63) is 70.8 Å². The average Bonchev–Trinajstić information content (AvgIpc) is 2.69. The third-order valence-electron chi connectivity index (χ3n) is 5.10. The molecule has 0 atom stereocenters. The van der Waals surface area contributed by atoms with E-state index in [4.69, 9.17) is 5.11 Å².